The molecule has 3 aromatic carbocycles. The van der Waals surface area contributed by atoms with Gasteiger partial charge in [-0.1, -0.05) is 48.0 Å². The minimum atomic E-state index is -1.01. The van der Waals surface area contributed by atoms with Gasteiger partial charge in [0.1, 0.15) is 24.7 Å². The number of amides is 2. The van der Waals surface area contributed by atoms with Gasteiger partial charge in [0, 0.05) is 50.3 Å². The van der Waals surface area contributed by atoms with Crippen LogP contribution in [-0.4, -0.2) is 88.8 Å². The Balaban J connectivity index is 1.24. The smallest absolute Gasteiger partial charge is 0.309 e. The maximum absolute atomic E-state index is 14.9. The maximum Gasteiger partial charge on any atom is 0.309 e. The summed E-state index contributed by atoms with van der Waals surface area (Å²) in [5.74, 6) is 0.225. The van der Waals surface area contributed by atoms with Crippen molar-refractivity contribution in [2.24, 2.45) is 5.41 Å². The number of hydrogen-bond acceptors (Lipinski definition) is 7. The van der Waals surface area contributed by atoms with Crippen LogP contribution in [0.1, 0.15) is 73.8 Å². The molecule has 0 radical (unpaired) electrons. The largest absolute Gasteiger partial charge is 0.490 e. The molecule has 3 aromatic rings. The Morgan fingerprint density at radius 2 is 1.65 bits per heavy atom. The van der Waals surface area contributed by atoms with E-state index >= 15 is 0 Å². The number of carboxylic acid groups (broad SMARTS) is 1. The Bertz CT molecular complexity index is 1890. The number of ether oxygens (including phenoxy) is 2. The Labute approximate surface area is 323 Å². The van der Waals surface area contributed by atoms with Crippen LogP contribution in [0.15, 0.2) is 66.2 Å². The Kier molecular flexibility index (Phi) is 12.4. The third-order valence-electron chi connectivity index (χ3n) is 11.0. The van der Waals surface area contributed by atoms with Crippen LogP contribution in [0.3, 0.4) is 0 Å². The van der Waals surface area contributed by atoms with E-state index in [1.54, 1.807) is 18.7 Å². The monoisotopic (exact) mass is 757 g/mol. The summed E-state index contributed by atoms with van der Waals surface area (Å²) in [7, 11) is 0. The number of fused-ring (bicyclic) bond motifs is 2. The number of aliphatic carboxylic acids is 1. The minimum Gasteiger partial charge on any atom is -0.490 e. The lowest BCUT2D eigenvalue weighted by Gasteiger charge is -2.45. The van der Waals surface area contributed by atoms with Gasteiger partial charge in [0.25, 0.3) is 5.91 Å². The molecule has 3 aliphatic rings. The Hall–Kier alpha value is -4.38. The van der Waals surface area contributed by atoms with E-state index in [2.05, 4.69) is 5.32 Å². The first-order chi connectivity index (χ1) is 25.8. The number of nitrogens with zero attached hydrogens (tertiary/aromatic N) is 2. The van der Waals surface area contributed by atoms with Crippen molar-refractivity contribution in [2.45, 2.75) is 90.9 Å². The van der Waals surface area contributed by atoms with Gasteiger partial charge >= 0.3 is 5.97 Å². The predicted octanol–water partition coefficient (Wildman–Crippen LogP) is 6.36. The van der Waals surface area contributed by atoms with E-state index in [4.69, 9.17) is 21.1 Å². The molecule has 2 heterocycles. The van der Waals surface area contributed by atoms with E-state index in [1.807, 2.05) is 79.4 Å². The van der Waals surface area contributed by atoms with Crippen LogP contribution in [0.25, 0.3) is 5.57 Å². The zero-order chi connectivity index (χ0) is 38.6. The number of aryl methyl sites for hydroxylation is 2. The number of carbonyl (C=O) groups is 3. The third kappa shape index (κ3) is 9.28. The van der Waals surface area contributed by atoms with Crippen LogP contribution in [0.4, 0.5) is 0 Å². The fraction of sp³-hybridized carbons (Fsp3) is 0.465. The first kappa shape index (κ1) is 39.3. The molecule has 6 rings (SSSR count). The summed E-state index contributed by atoms with van der Waals surface area (Å²) in [5.41, 5.74) is 5.78. The fourth-order valence-electron chi connectivity index (χ4n) is 7.35. The number of benzene rings is 3. The lowest BCUT2D eigenvalue weighted by Crippen LogP contribution is -2.62. The van der Waals surface area contributed by atoms with Crippen LogP contribution >= 0.6 is 11.6 Å². The highest BCUT2D eigenvalue weighted by molar-refractivity contribution is 6.32. The van der Waals surface area contributed by atoms with Crippen LogP contribution < -0.4 is 14.8 Å². The summed E-state index contributed by atoms with van der Waals surface area (Å²) in [6, 6.07) is 19.2. The third-order valence-corrected chi connectivity index (χ3v) is 11.3. The summed E-state index contributed by atoms with van der Waals surface area (Å²) in [6.07, 6.45) is 3.26. The topological polar surface area (TPSA) is 129 Å². The number of nitrogens with one attached hydrogen (secondary N) is 1. The summed E-state index contributed by atoms with van der Waals surface area (Å²) in [6.45, 7) is 9.20. The average Bonchev–Trinajstić information content (AvgIpc) is 3.99. The lowest BCUT2D eigenvalue weighted by atomic mass is 9.82. The number of carboxylic acids is 1. The van der Waals surface area contributed by atoms with Gasteiger partial charge in [0.05, 0.1) is 16.5 Å². The highest BCUT2D eigenvalue weighted by atomic mass is 35.5. The second-order valence-electron chi connectivity index (χ2n) is 15.5. The molecule has 1 aliphatic carbocycles. The van der Waals surface area contributed by atoms with Crippen molar-refractivity contribution in [3.8, 4) is 11.5 Å². The quantitative estimate of drug-likeness (QED) is 0.144. The molecule has 2 bridgehead atoms. The second-order valence-corrected chi connectivity index (χ2v) is 15.9. The molecule has 2 amide bonds. The van der Waals surface area contributed by atoms with E-state index in [0.29, 0.717) is 67.8 Å². The minimum absolute atomic E-state index is 0.0259. The van der Waals surface area contributed by atoms with Gasteiger partial charge in [0.15, 0.2) is 0 Å². The van der Waals surface area contributed by atoms with Gasteiger partial charge < -0.3 is 34.8 Å². The molecule has 2 aliphatic heterocycles. The van der Waals surface area contributed by atoms with Crippen molar-refractivity contribution in [3.63, 3.8) is 0 Å². The molecule has 1 saturated carbocycles. The zero-order valence-corrected chi connectivity index (χ0v) is 32.5. The summed E-state index contributed by atoms with van der Waals surface area (Å²) < 4.78 is 11.9. The molecule has 10 nitrogen and oxygen atoms in total. The van der Waals surface area contributed by atoms with Crippen molar-refractivity contribution in [3.05, 3.63) is 99.1 Å². The normalized spacial score (nSPS) is 18.4. The molecular formula is C43H52ClN3O7. The Morgan fingerprint density at radius 3 is 2.33 bits per heavy atom. The Morgan fingerprint density at radius 1 is 0.963 bits per heavy atom. The molecule has 0 spiro atoms. The lowest BCUT2D eigenvalue weighted by molar-refractivity contribution is -0.148. The number of hydrogen-bond donors (Lipinski definition) is 3. The summed E-state index contributed by atoms with van der Waals surface area (Å²) >= 11 is 6.37. The van der Waals surface area contributed by atoms with Crippen LogP contribution in [-0.2, 0) is 27.3 Å². The number of rotatable bonds is 16. The van der Waals surface area contributed by atoms with Crippen molar-refractivity contribution in [2.75, 3.05) is 32.9 Å². The second kappa shape index (κ2) is 17.0. The summed E-state index contributed by atoms with van der Waals surface area (Å²) in [4.78, 5) is 44.0. The number of halogens is 1. The van der Waals surface area contributed by atoms with Crippen molar-refractivity contribution >= 4 is 35.0 Å². The molecule has 3 N–H and O–H groups in total. The predicted molar refractivity (Wildman–Crippen MR) is 209 cm³/mol. The molecule has 0 aromatic heterocycles. The van der Waals surface area contributed by atoms with Gasteiger partial charge in [-0.25, -0.2) is 0 Å². The molecule has 2 atom stereocenters. The molecule has 0 unspecified atom stereocenters. The van der Waals surface area contributed by atoms with Gasteiger partial charge in [-0.15, -0.1) is 0 Å². The van der Waals surface area contributed by atoms with Crippen molar-refractivity contribution < 1.29 is 34.1 Å². The number of aliphatic hydroxyl groups excluding tert-OH is 1. The number of piperazine rings is 1. The van der Waals surface area contributed by atoms with Gasteiger partial charge in [-0.05, 0) is 117 Å². The van der Waals surface area contributed by atoms with Crippen LogP contribution in [0.5, 0.6) is 11.5 Å². The van der Waals surface area contributed by atoms with Crippen molar-refractivity contribution in [1.29, 1.82) is 0 Å². The van der Waals surface area contributed by atoms with Crippen molar-refractivity contribution in [1.82, 2.24) is 15.1 Å². The molecule has 288 valence electrons. The number of aliphatic hydroxyl groups is 1. The van der Waals surface area contributed by atoms with E-state index < -0.39 is 17.4 Å². The molecule has 54 heavy (non-hydrogen) atoms. The summed E-state index contributed by atoms with van der Waals surface area (Å²) in [5, 5.41) is 23.6. The SMILES string of the molecule is Cc1cc(Cl)c(OCCOc2ccc(C3=C(C(=O)N(Cc4ccccc4CCO)C4CC4)[C@H]4CN(C(=O)CCC(C)(C)C(=O)O)C[C@@H](C3)N4)cc2)cc1C. The first-order valence-corrected chi connectivity index (χ1v) is 19.3. The average molecular weight is 758 g/mol. The molecular weight excluding hydrogens is 706 g/mol. The maximum atomic E-state index is 14.9. The van der Waals surface area contributed by atoms with Gasteiger partial charge in [-0.3, -0.25) is 14.4 Å². The molecule has 11 heteroatoms. The van der Waals surface area contributed by atoms with E-state index in [9.17, 15) is 24.6 Å². The highest BCUT2D eigenvalue weighted by Gasteiger charge is 2.43. The van der Waals surface area contributed by atoms with Crippen LogP contribution in [0.2, 0.25) is 5.02 Å². The number of carbonyl (C=O) groups excluding carboxylic acids is 2. The fourth-order valence-corrected chi connectivity index (χ4v) is 7.62. The highest BCUT2D eigenvalue weighted by Crippen LogP contribution is 2.38. The van der Waals surface area contributed by atoms with Gasteiger partial charge in [0.2, 0.25) is 5.91 Å². The van der Waals surface area contributed by atoms with E-state index in [1.165, 1.54) is 0 Å². The first-order valence-electron chi connectivity index (χ1n) is 19.0. The van der Waals surface area contributed by atoms with Gasteiger partial charge in [-0.2, -0.15) is 0 Å². The molecule has 1 saturated heterocycles. The standard InChI is InChI=1S/C43H52ClN3O7/c1-27-21-36(44)38(22-28(27)2)54-20-19-53-34-13-9-30(10-14-34)35-23-32-25-46(39(49)15-17-43(3,4)42(51)52)26-37(45-32)40(35)41(50)47(33-11-12-33)24-31-8-6-5-7-29(31)16-18-48/h5-10,13-14,21-22,32-33,37,45,48H,11-12,15-20,23-26H2,1-4H3,(H,51,52)/t32-,37-/m1/s1. The molecule has 2 fully saturated rings. The van der Waals surface area contributed by atoms with Crippen LogP contribution in [0, 0.1) is 19.3 Å². The van der Waals surface area contributed by atoms with E-state index in [-0.39, 0.29) is 43.3 Å². The zero-order valence-electron chi connectivity index (χ0n) is 31.7. The van der Waals surface area contributed by atoms with E-state index in [0.717, 1.165) is 46.2 Å².